The molecule has 0 fully saturated rings. The molecule has 0 saturated carbocycles. The molecule has 3 N–H and O–H groups in total. The van der Waals surface area contributed by atoms with E-state index < -0.39 is 17.2 Å². The Balaban J connectivity index is 1.70. The van der Waals surface area contributed by atoms with Gasteiger partial charge in [0.05, 0.1) is 0 Å². The second-order valence-electron chi connectivity index (χ2n) is 7.53. The summed E-state index contributed by atoms with van der Waals surface area (Å²) < 4.78 is 33.8. The summed E-state index contributed by atoms with van der Waals surface area (Å²) >= 11 is 1.18. The summed E-state index contributed by atoms with van der Waals surface area (Å²) in [5, 5.41) is 0.545. The third kappa shape index (κ3) is 4.29. The van der Waals surface area contributed by atoms with Crippen LogP contribution < -0.4 is 16.0 Å². The normalized spacial score (nSPS) is 11.3. The van der Waals surface area contributed by atoms with Gasteiger partial charge in [0, 0.05) is 28.9 Å². The first-order valence-corrected chi connectivity index (χ1v) is 10.9. The van der Waals surface area contributed by atoms with Crippen molar-refractivity contribution in [2.75, 3.05) is 10.5 Å². The number of hydrogen-bond acceptors (Lipinski definition) is 6. The number of fused-ring (bicyclic) bond motifs is 1. The average molecular weight is 454 g/mol. The molecule has 0 atom stereocenters. The first-order chi connectivity index (χ1) is 15.3. The number of nitrogens with two attached hydrogens (primary N) is 1. The summed E-state index contributed by atoms with van der Waals surface area (Å²) in [6, 6.07) is 13.2. The zero-order valence-corrected chi connectivity index (χ0v) is 18.3. The Morgan fingerprint density at radius 2 is 1.81 bits per heavy atom. The van der Waals surface area contributed by atoms with Crippen LogP contribution in [0.1, 0.15) is 25.5 Å². The monoisotopic (exact) mass is 453 g/mol. The van der Waals surface area contributed by atoms with Gasteiger partial charge < -0.3 is 10.5 Å². The molecule has 0 aliphatic heterocycles. The van der Waals surface area contributed by atoms with Crippen LogP contribution in [0.15, 0.2) is 59.5 Å². The predicted molar refractivity (Wildman–Crippen MR) is 125 cm³/mol. The predicted octanol–water partition coefficient (Wildman–Crippen LogP) is 5.16. The zero-order chi connectivity index (χ0) is 22.8. The van der Waals surface area contributed by atoms with Crippen LogP contribution in [0, 0.1) is 11.6 Å². The van der Waals surface area contributed by atoms with Gasteiger partial charge in [-0.15, -0.1) is 0 Å². The van der Waals surface area contributed by atoms with Crippen LogP contribution in [-0.4, -0.2) is 14.5 Å². The molecule has 6 nitrogen and oxygen atoms in total. The second-order valence-corrected chi connectivity index (χ2v) is 8.31. The third-order valence-electron chi connectivity index (χ3n) is 4.92. The molecule has 0 bridgehead atoms. The molecule has 0 aliphatic carbocycles. The average Bonchev–Trinajstić information content (AvgIpc) is 2.75. The van der Waals surface area contributed by atoms with Crippen LogP contribution in [-0.2, 0) is 5.75 Å². The number of halogens is 2. The lowest BCUT2D eigenvalue weighted by atomic mass is 10.0. The van der Waals surface area contributed by atoms with Crippen molar-refractivity contribution in [2.24, 2.45) is 0 Å². The molecule has 2 aromatic heterocycles. The lowest BCUT2D eigenvalue weighted by Crippen LogP contribution is -2.25. The van der Waals surface area contributed by atoms with E-state index in [-0.39, 0.29) is 28.8 Å². The van der Waals surface area contributed by atoms with Gasteiger partial charge in [0.15, 0.2) is 11.6 Å². The Bertz CT molecular complexity index is 1320. The molecule has 0 saturated heterocycles. The maximum absolute atomic E-state index is 14.8. The molecule has 9 heteroatoms. The van der Waals surface area contributed by atoms with Crippen LogP contribution in [0.25, 0.3) is 22.2 Å². The fourth-order valence-electron chi connectivity index (χ4n) is 3.41. The quantitative estimate of drug-likeness (QED) is 0.392. The first kappa shape index (κ1) is 21.8. The van der Waals surface area contributed by atoms with Gasteiger partial charge in [0.1, 0.15) is 11.3 Å². The standard InChI is InChI=1S/C23H21F2N5OS/c1-13(2)30-21-16(11-27-23(26)28-21)8-17(22(30)31)15-9-18(24)20(19(25)10-15)29-32-12-14-6-4-3-5-7-14/h3-11,13,29H,12H2,1-2H3,(H2,26,27,28). The highest BCUT2D eigenvalue weighted by Crippen LogP contribution is 2.30. The number of aromatic nitrogens is 3. The van der Waals surface area contributed by atoms with E-state index in [4.69, 9.17) is 5.73 Å². The largest absolute Gasteiger partial charge is 0.368 e. The van der Waals surface area contributed by atoms with E-state index in [0.717, 1.165) is 17.7 Å². The van der Waals surface area contributed by atoms with E-state index in [1.54, 1.807) is 0 Å². The fourth-order valence-corrected chi connectivity index (χ4v) is 4.18. The Hall–Kier alpha value is -3.46. The number of anilines is 2. The third-order valence-corrected chi connectivity index (χ3v) is 5.74. The summed E-state index contributed by atoms with van der Waals surface area (Å²) in [4.78, 5) is 21.3. The van der Waals surface area contributed by atoms with Crippen molar-refractivity contribution in [3.05, 3.63) is 82.3 Å². The minimum Gasteiger partial charge on any atom is -0.368 e. The fraction of sp³-hybridized carbons (Fsp3) is 0.174. The van der Waals surface area contributed by atoms with Crippen molar-refractivity contribution in [3.63, 3.8) is 0 Å². The van der Waals surface area contributed by atoms with E-state index in [9.17, 15) is 13.6 Å². The molecule has 4 aromatic rings. The smallest absolute Gasteiger partial charge is 0.260 e. The van der Waals surface area contributed by atoms with Gasteiger partial charge in [0.2, 0.25) is 5.95 Å². The van der Waals surface area contributed by atoms with Crippen LogP contribution in [0.4, 0.5) is 20.4 Å². The van der Waals surface area contributed by atoms with Gasteiger partial charge in [-0.2, -0.15) is 4.98 Å². The lowest BCUT2D eigenvalue weighted by molar-refractivity contribution is 0.590. The Morgan fingerprint density at radius 3 is 2.47 bits per heavy atom. The highest BCUT2D eigenvalue weighted by Gasteiger charge is 2.18. The number of nitrogens with zero attached hydrogens (tertiary/aromatic N) is 3. The van der Waals surface area contributed by atoms with Crippen LogP contribution in [0.3, 0.4) is 0 Å². The molecular formula is C23H21F2N5OS. The number of benzene rings is 2. The van der Waals surface area contributed by atoms with Crippen molar-refractivity contribution in [2.45, 2.75) is 25.6 Å². The number of nitrogen functional groups attached to an aromatic ring is 1. The summed E-state index contributed by atoms with van der Waals surface area (Å²) in [7, 11) is 0. The maximum atomic E-state index is 14.8. The SMILES string of the molecule is CC(C)n1c(=O)c(-c2cc(F)c(NSCc3ccccc3)c(F)c2)cc2cnc(N)nc21. The molecular weight excluding hydrogens is 432 g/mol. The van der Waals surface area contributed by atoms with Crippen molar-refractivity contribution >= 4 is 34.6 Å². The molecule has 32 heavy (non-hydrogen) atoms. The van der Waals surface area contributed by atoms with Crippen molar-refractivity contribution in [1.82, 2.24) is 14.5 Å². The van der Waals surface area contributed by atoms with E-state index >= 15 is 0 Å². The molecule has 164 valence electrons. The van der Waals surface area contributed by atoms with E-state index in [2.05, 4.69) is 14.7 Å². The van der Waals surface area contributed by atoms with Crippen molar-refractivity contribution in [3.8, 4) is 11.1 Å². The van der Waals surface area contributed by atoms with Crippen molar-refractivity contribution < 1.29 is 8.78 Å². The summed E-state index contributed by atoms with van der Waals surface area (Å²) in [5.41, 5.74) is 6.70. The molecule has 0 spiro atoms. The lowest BCUT2D eigenvalue weighted by Gasteiger charge is -2.16. The zero-order valence-electron chi connectivity index (χ0n) is 17.5. The van der Waals surface area contributed by atoms with Gasteiger partial charge in [-0.25, -0.2) is 13.8 Å². The molecule has 4 rings (SSSR count). The number of nitrogens with one attached hydrogen (secondary N) is 1. The van der Waals surface area contributed by atoms with E-state index in [1.165, 1.54) is 28.8 Å². The summed E-state index contributed by atoms with van der Waals surface area (Å²) in [5.74, 6) is -0.997. The molecule has 2 aromatic carbocycles. The van der Waals surface area contributed by atoms with Gasteiger partial charge >= 0.3 is 0 Å². The number of hydrogen-bond donors (Lipinski definition) is 2. The first-order valence-electron chi connectivity index (χ1n) is 9.94. The maximum Gasteiger partial charge on any atom is 0.260 e. The van der Waals surface area contributed by atoms with Gasteiger partial charge in [0.25, 0.3) is 5.56 Å². The number of pyridine rings is 1. The molecule has 2 heterocycles. The van der Waals surface area contributed by atoms with E-state index in [1.807, 2.05) is 44.2 Å². The van der Waals surface area contributed by atoms with Crippen LogP contribution >= 0.6 is 11.9 Å². The highest BCUT2D eigenvalue weighted by atomic mass is 32.2. The summed E-state index contributed by atoms with van der Waals surface area (Å²) in [6.07, 6.45) is 1.49. The van der Waals surface area contributed by atoms with Gasteiger partial charge in [-0.3, -0.25) is 9.36 Å². The molecule has 0 amide bonds. The van der Waals surface area contributed by atoms with Crippen molar-refractivity contribution in [1.29, 1.82) is 0 Å². The van der Waals surface area contributed by atoms with Gasteiger partial charge in [-0.1, -0.05) is 30.3 Å². The van der Waals surface area contributed by atoms with Crippen LogP contribution in [0.2, 0.25) is 0 Å². The Kier molecular flexibility index (Phi) is 6.09. The summed E-state index contributed by atoms with van der Waals surface area (Å²) in [6.45, 7) is 3.64. The Labute approximate surface area is 187 Å². The van der Waals surface area contributed by atoms with Crippen LogP contribution in [0.5, 0.6) is 0 Å². The highest BCUT2D eigenvalue weighted by molar-refractivity contribution is 7.99. The number of rotatable bonds is 6. The molecule has 0 unspecified atom stereocenters. The second kappa shape index (κ2) is 8.96. The van der Waals surface area contributed by atoms with Gasteiger partial charge in [-0.05, 0) is 55.1 Å². The minimum atomic E-state index is -0.787. The van der Waals surface area contributed by atoms with E-state index in [0.29, 0.717) is 16.8 Å². The molecule has 0 aliphatic rings. The Morgan fingerprint density at radius 1 is 1.12 bits per heavy atom. The molecule has 0 radical (unpaired) electrons. The topological polar surface area (TPSA) is 85.8 Å². The minimum absolute atomic E-state index is 0.0413.